The second-order valence-electron chi connectivity index (χ2n) is 8.91. The molecule has 0 aliphatic heterocycles. The first kappa shape index (κ1) is 22.7. The Balaban J connectivity index is 1.58. The lowest BCUT2D eigenvalue weighted by Crippen LogP contribution is -2.05. The number of allylic oxidation sites excluding steroid dienone is 2. The highest BCUT2D eigenvalue weighted by Crippen LogP contribution is 2.40. The molecular formula is C32H30N2O. The molecule has 0 saturated heterocycles. The van der Waals surface area contributed by atoms with Gasteiger partial charge in [-0.3, -0.25) is 0 Å². The molecule has 35 heavy (non-hydrogen) atoms. The van der Waals surface area contributed by atoms with E-state index < -0.39 is 6.10 Å². The minimum absolute atomic E-state index is 0.120. The third-order valence-corrected chi connectivity index (χ3v) is 6.69. The van der Waals surface area contributed by atoms with Crippen molar-refractivity contribution in [2.75, 3.05) is 0 Å². The smallest absolute Gasteiger partial charge is 0.106 e. The Morgan fingerprint density at radius 3 is 2.17 bits per heavy atom. The maximum Gasteiger partial charge on any atom is 0.106 e. The number of aliphatic hydroxyl groups excluding tert-OH is 1. The summed E-state index contributed by atoms with van der Waals surface area (Å²) in [6, 6.07) is 28.8. The first-order valence-electron chi connectivity index (χ1n) is 12.0. The van der Waals surface area contributed by atoms with Crippen molar-refractivity contribution in [1.82, 2.24) is 9.97 Å². The van der Waals surface area contributed by atoms with Crippen molar-refractivity contribution < 1.29 is 5.11 Å². The molecule has 0 fully saturated rings. The third kappa shape index (κ3) is 4.51. The molecule has 2 heterocycles. The van der Waals surface area contributed by atoms with Crippen LogP contribution in [0.25, 0.3) is 22.6 Å². The number of aliphatic hydroxyl groups is 1. The predicted octanol–water partition coefficient (Wildman–Crippen LogP) is 7.85. The molecule has 2 unspecified atom stereocenters. The molecule has 5 aromatic rings. The molecule has 3 nitrogen and oxygen atoms in total. The van der Waals surface area contributed by atoms with Gasteiger partial charge >= 0.3 is 0 Å². The lowest BCUT2D eigenvalue weighted by atomic mass is 9.83. The van der Waals surface area contributed by atoms with E-state index in [0.717, 1.165) is 39.9 Å². The Hall–Kier alpha value is -4.08. The van der Waals surface area contributed by atoms with Crippen molar-refractivity contribution in [3.8, 4) is 0 Å². The molecule has 3 heteroatoms. The molecule has 0 aliphatic rings. The van der Waals surface area contributed by atoms with E-state index in [2.05, 4.69) is 77.3 Å². The minimum Gasteiger partial charge on any atom is -0.384 e. The second kappa shape index (κ2) is 10.0. The first-order valence-corrected chi connectivity index (χ1v) is 12.0. The van der Waals surface area contributed by atoms with E-state index in [1.54, 1.807) is 0 Å². The molecule has 0 saturated carbocycles. The van der Waals surface area contributed by atoms with Gasteiger partial charge in [-0.25, -0.2) is 0 Å². The summed E-state index contributed by atoms with van der Waals surface area (Å²) in [6.07, 6.45) is 8.08. The fourth-order valence-electron chi connectivity index (χ4n) is 5.00. The van der Waals surface area contributed by atoms with Gasteiger partial charge in [0, 0.05) is 46.0 Å². The predicted molar refractivity (Wildman–Crippen MR) is 146 cm³/mol. The van der Waals surface area contributed by atoms with Gasteiger partial charge in [0.15, 0.2) is 0 Å². The van der Waals surface area contributed by atoms with E-state index in [-0.39, 0.29) is 5.92 Å². The molecule has 0 spiro atoms. The van der Waals surface area contributed by atoms with Crippen LogP contribution in [0.3, 0.4) is 0 Å². The minimum atomic E-state index is -0.735. The lowest BCUT2D eigenvalue weighted by molar-refractivity contribution is 0.220. The number of benzene rings is 3. The van der Waals surface area contributed by atoms with Crippen LogP contribution in [0, 0.1) is 0 Å². The number of hydrogen-bond acceptors (Lipinski definition) is 1. The standard InChI is InChI=1S/C32H30N2O/c1-3-12-30-31(28(21-34-30)32(35)24-15-8-5-9-16-24)22(2)19-26(23-13-6-4-7-14-23)27-20-33-29-18-11-10-17-25(27)29/h3-18,20-21,26,32-35H,2,19H2,1H3/b12-3-. The van der Waals surface area contributed by atoms with Crippen LogP contribution >= 0.6 is 0 Å². The fraction of sp³-hybridized carbons (Fsp3) is 0.125. The zero-order valence-corrected chi connectivity index (χ0v) is 19.9. The van der Waals surface area contributed by atoms with Gasteiger partial charge in [0.05, 0.1) is 0 Å². The van der Waals surface area contributed by atoms with E-state index >= 15 is 0 Å². The van der Waals surface area contributed by atoms with Crippen LogP contribution in [0.1, 0.15) is 58.9 Å². The largest absolute Gasteiger partial charge is 0.384 e. The van der Waals surface area contributed by atoms with Gasteiger partial charge in [0.1, 0.15) is 6.10 Å². The Labute approximate surface area is 206 Å². The molecular weight excluding hydrogens is 428 g/mol. The Kier molecular flexibility index (Phi) is 6.51. The highest BCUT2D eigenvalue weighted by atomic mass is 16.3. The molecule has 0 bridgehead atoms. The van der Waals surface area contributed by atoms with Crippen molar-refractivity contribution in [3.63, 3.8) is 0 Å². The van der Waals surface area contributed by atoms with Gasteiger partial charge in [0.2, 0.25) is 0 Å². The third-order valence-electron chi connectivity index (χ3n) is 6.69. The first-order chi connectivity index (χ1) is 17.2. The summed E-state index contributed by atoms with van der Waals surface area (Å²) in [7, 11) is 0. The maximum atomic E-state index is 11.3. The molecule has 0 radical (unpaired) electrons. The van der Waals surface area contributed by atoms with Gasteiger partial charge in [-0.2, -0.15) is 0 Å². The Morgan fingerprint density at radius 2 is 1.46 bits per heavy atom. The van der Waals surface area contributed by atoms with Crippen molar-refractivity contribution in [1.29, 1.82) is 0 Å². The summed E-state index contributed by atoms with van der Waals surface area (Å²) in [5, 5.41) is 12.5. The quantitative estimate of drug-likeness (QED) is 0.218. The summed E-state index contributed by atoms with van der Waals surface area (Å²) >= 11 is 0. The van der Waals surface area contributed by atoms with Gasteiger partial charge in [-0.05, 0) is 47.8 Å². The van der Waals surface area contributed by atoms with Gasteiger partial charge in [0.25, 0.3) is 0 Å². The van der Waals surface area contributed by atoms with Gasteiger partial charge < -0.3 is 15.1 Å². The summed E-state index contributed by atoms with van der Waals surface area (Å²) in [5.74, 6) is 0.120. The number of para-hydroxylation sites is 1. The van der Waals surface area contributed by atoms with E-state index in [1.165, 1.54) is 16.5 Å². The Morgan fingerprint density at radius 1 is 0.829 bits per heavy atom. The van der Waals surface area contributed by atoms with Crippen molar-refractivity contribution in [2.24, 2.45) is 0 Å². The molecule has 0 aliphatic carbocycles. The van der Waals surface area contributed by atoms with E-state index in [0.29, 0.717) is 0 Å². The van der Waals surface area contributed by atoms with Crippen LogP contribution in [-0.4, -0.2) is 15.1 Å². The number of rotatable bonds is 8. The summed E-state index contributed by atoms with van der Waals surface area (Å²) in [4.78, 5) is 6.81. The van der Waals surface area contributed by atoms with Gasteiger partial charge in [-0.15, -0.1) is 0 Å². The number of aromatic amines is 2. The zero-order chi connectivity index (χ0) is 24.2. The molecule has 2 aromatic heterocycles. The van der Waals surface area contributed by atoms with Gasteiger partial charge in [-0.1, -0.05) is 91.5 Å². The SMILES string of the molecule is C=C(CC(c1ccccc1)c1c[nH]c2ccccc12)c1c(C(O)c2ccccc2)c[nH]c1/C=C\C. The highest BCUT2D eigenvalue weighted by molar-refractivity contribution is 5.85. The lowest BCUT2D eigenvalue weighted by Gasteiger charge is -2.21. The topological polar surface area (TPSA) is 51.8 Å². The number of aromatic nitrogens is 2. The molecule has 3 N–H and O–H groups in total. The van der Waals surface area contributed by atoms with Crippen LogP contribution < -0.4 is 0 Å². The van der Waals surface area contributed by atoms with Crippen LogP contribution in [0.2, 0.25) is 0 Å². The second-order valence-corrected chi connectivity index (χ2v) is 8.91. The van der Waals surface area contributed by atoms with E-state index in [1.807, 2.05) is 55.6 Å². The fourth-order valence-corrected chi connectivity index (χ4v) is 5.00. The Bertz CT molecular complexity index is 1460. The molecule has 3 aromatic carbocycles. The number of H-pyrrole nitrogens is 2. The van der Waals surface area contributed by atoms with Crippen molar-refractivity contribution in [3.05, 3.63) is 143 Å². The normalized spacial score (nSPS) is 13.3. The monoisotopic (exact) mass is 458 g/mol. The highest BCUT2D eigenvalue weighted by Gasteiger charge is 2.24. The molecule has 174 valence electrons. The average molecular weight is 459 g/mol. The van der Waals surface area contributed by atoms with Crippen molar-refractivity contribution in [2.45, 2.75) is 25.4 Å². The zero-order valence-electron chi connectivity index (χ0n) is 19.9. The van der Waals surface area contributed by atoms with Crippen LogP contribution in [0.5, 0.6) is 0 Å². The number of hydrogen-bond donors (Lipinski definition) is 3. The van der Waals surface area contributed by atoms with Crippen LogP contribution in [0.15, 0.2) is 110 Å². The summed E-state index contributed by atoms with van der Waals surface area (Å²) < 4.78 is 0. The maximum absolute atomic E-state index is 11.3. The van der Waals surface area contributed by atoms with Crippen molar-refractivity contribution >= 4 is 22.6 Å². The molecule has 0 amide bonds. The van der Waals surface area contributed by atoms with E-state index in [9.17, 15) is 5.11 Å². The van der Waals surface area contributed by atoms with Crippen LogP contribution in [-0.2, 0) is 0 Å². The van der Waals surface area contributed by atoms with Crippen LogP contribution in [0.4, 0.5) is 0 Å². The average Bonchev–Trinajstić information content (AvgIpc) is 3.53. The van der Waals surface area contributed by atoms with E-state index in [4.69, 9.17) is 0 Å². The number of nitrogens with one attached hydrogen (secondary N) is 2. The summed E-state index contributed by atoms with van der Waals surface area (Å²) in [6.45, 7) is 6.56. The number of fused-ring (bicyclic) bond motifs is 1. The molecule has 5 rings (SSSR count). The summed E-state index contributed by atoms with van der Waals surface area (Å²) in [5.41, 5.74) is 8.28. The molecule has 2 atom stereocenters.